The number of carbonyl (C=O) groups excluding carboxylic acids is 1. The lowest BCUT2D eigenvalue weighted by atomic mass is 10.0. The molecule has 0 aliphatic carbocycles. The van der Waals surface area contributed by atoms with Gasteiger partial charge in [0, 0.05) is 26.1 Å². The molecular weight excluding hydrogens is 409 g/mol. The number of esters is 1. The predicted molar refractivity (Wildman–Crippen MR) is 103 cm³/mol. The molecule has 0 aromatic heterocycles. The van der Waals surface area contributed by atoms with Crippen LogP contribution in [0.1, 0.15) is 52.4 Å². The Balaban J connectivity index is 0.00000484. The van der Waals surface area contributed by atoms with Crippen LogP contribution in [0.2, 0.25) is 0 Å². The van der Waals surface area contributed by atoms with Gasteiger partial charge in [0.05, 0.1) is 19.3 Å². The summed E-state index contributed by atoms with van der Waals surface area (Å²) >= 11 is 0. The van der Waals surface area contributed by atoms with Gasteiger partial charge in [0.1, 0.15) is 0 Å². The minimum Gasteiger partial charge on any atom is -0.469 e. The quantitative estimate of drug-likeness (QED) is 0.189. The summed E-state index contributed by atoms with van der Waals surface area (Å²) in [6, 6.07) is 0. The number of rotatable bonds is 9. The third kappa shape index (κ3) is 10.0. The van der Waals surface area contributed by atoms with E-state index in [0.29, 0.717) is 13.0 Å². The van der Waals surface area contributed by atoms with E-state index < -0.39 is 0 Å². The zero-order valence-corrected chi connectivity index (χ0v) is 17.0. The molecule has 1 aliphatic heterocycles. The summed E-state index contributed by atoms with van der Waals surface area (Å²) in [5, 5.41) is 6.58. The lowest BCUT2D eigenvalue weighted by Crippen LogP contribution is -2.39. The summed E-state index contributed by atoms with van der Waals surface area (Å²) in [7, 11) is 1.43. The normalized spacial score (nSPS) is 20.7. The zero-order valence-electron chi connectivity index (χ0n) is 14.7. The number of unbranched alkanes of at least 4 members (excludes halogenated alkanes) is 2. The van der Waals surface area contributed by atoms with Gasteiger partial charge in [0.2, 0.25) is 0 Å². The fourth-order valence-corrected chi connectivity index (χ4v) is 2.43. The Morgan fingerprint density at radius 1 is 1.30 bits per heavy atom. The van der Waals surface area contributed by atoms with Crippen molar-refractivity contribution in [3.63, 3.8) is 0 Å². The molecule has 2 N–H and O–H groups in total. The topological polar surface area (TPSA) is 72.0 Å². The molecule has 0 saturated carbocycles. The molecule has 136 valence electrons. The second kappa shape index (κ2) is 12.8. The molecule has 0 radical (unpaired) electrons. The first-order valence-corrected chi connectivity index (χ1v) is 8.32. The van der Waals surface area contributed by atoms with E-state index in [0.717, 1.165) is 57.8 Å². The Bertz CT molecular complexity index is 358. The maximum Gasteiger partial charge on any atom is 0.305 e. The highest BCUT2D eigenvalue weighted by atomic mass is 127. The van der Waals surface area contributed by atoms with Crippen LogP contribution in [0.4, 0.5) is 0 Å². The molecule has 1 unspecified atom stereocenters. The number of guanidine groups is 1. The van der Waals surface area contributed by atoms with Crippen molar-refractivity contribution in [2.24, 2.45) is 4.99 Å². The molecule has 0 aromatic rings. The van der Waals surface area contributed by atoms with E-state index in [1.807, 2.05) is 0 Å². The summed E-state index contributed by atoms with van der Waals surface area (Å²) in [5.41, 5.74) is -0.108. The first-order chi connectivity index (χ1) is 10.6. The molecule has 23 heavy (non-hydrogen) atoms. The van der Waals surface area contributed by atoms with Crippen LogP contribution in [0.5, 0.6) is 0 Å². The standard InChI is InChI=1S/C16H31N3O3.HI/c1-4-17-15(19-13-16(2)10-8-12-22-16)18-11-7-5-6-9-14(20)21-3;/h4-13H2,1-3H3,(H2,17,18,19);1H. The van der Waals surface area contributed by atoms with E-state index in [1.54, 1.807) is 0 Å². The number of nitrogens with one attached hydrogen (secondary N) is 2. The van der Waals surface area contributed by atoms with Gasteiger partial charge >= 0.3 is 5.97 Å². The predicted octanol–water partition coefficient (Wildman–Crippen LogP) is 2.46. The van der Waals surface area contributed by atoms with Crippen molar-refractivity contribution >= 4 is 35.9 Å². The summed E-state index contributed by atoms with van der Waals surface area (Å²) in [4.78, 5) is 15.6. The summed E-state index contributed by atoms with van der Waals surface area (Å²) < 4.78 is 10.4. The fourth-order valence-electron chi connectivity index (χ4n) is 2.43. The van der Waals surface area contributed by atoms with Crippen molar-refractivity contribution < 1.29 is 14.3 Å². The maximum absolute atomic E-state index is 11.0. The van der Waals surface area contributed by atoms with E-state index >= 15 is 0 Å². The van der Waals surface area contributed by atoms with Crippen LogP contribution in [0.3, 0.4) is 0 Å². The third-order valence-corrected chi connectivity index (χ3v) is 3.79. The zero-order chi connectivity index (χ0) is 16.3. The highest BCUT2D eigenvalue weighted by molar-refractivity contribution is 14.0. The van der Waals surface area contributed by atoms with Crippen molar-refractivity contribution in [2.75, 3.05) is 33.4 Å². The van der Waals surface area contributed by atoms with Crippen LogP contribution in [-0.2, 0) is 14.3 Å². The highest BCUT2D eigenvalue weighted by Gasteiger charge is 2.29. The minimum atomic E-state index is -0.132. The maximum atomic E-state index is 11.0. The Morgan fingerprint density at radius 2 is 2.09 bits per heavy atom. The fraction of sp³-hybridized carbons (Fsp3) is 0.875. The van der Waals surface area contributed by atoms with Gasteiger partial charge < -0.3 is 20.1 Å². The molecule has 1 fully saturated rings. The number of carbonyl (C=O) groups is 1. The number of methoxy groups -OCH3 is 1. The lowest BCUT2D eigenvalue weighted by Gasteiger charge is -2.21. The Kier molecular flexibility index (Phi) is 12.5. The van der Waals surface area contributed by atoms with Gasteiger partial charge in [0.25, 0.3) is 0 Å². The average Bonchev–Trinajstić information content (AvgIpc) is 2.95. The molecule has 1 aliphatic rings. The summed E-state index contributed by atoms with van der Waals surface area (Å²) in [6.07, 6.45) is 5.57. The van der Waals surface area contributed by atoms with Crippen molar-refractivity contribution in [2.45, 2.75) is 58.0 Å². The van der Waals surface area contributed by atoms with Crippen LogP contribution in [0.15, 0.2) is 4.99 Å². The molecule has 1 saturated heterocycles. The van der Waals surface area contributed by atoms with E-state index in [1.165, 1.54) is 7.11 Å². The second-order valence-corrected chi connectivity index (χ2v) is 5.91. The average molecular weight is 441 g/mol. The molecule has 0 amide bonds. The van der Waals surface area contributed by atoms with E-state index in [2.05, 4.69) is 34.2 Å². The molecule has 1 rings (SSSR count). The molecule has 0 bridgehead atoms. The Hall–Kier alpha value is -0.570. The molecule has 0 spiro atoms. The van der Waals surface area contributed by atoms with Crippen LogP contribution in [0.25, 0.3) is 0 Å². The first kappa shape index (κ1) is 22.4. The molecule has 1 atom stereocenters. The van der Waals surface area contributed by atoms with Gasteiger partial charge in [0.15, 0.2) is 5.96 Å². The number of halogens is 1. The first-order valence-electron chi connectivity index (χ1n) is 8.32. The molecule has 7 heteroatoms. The van der Waals surface area contributed by atoms with E-state index in [-0.39, 0.29) is 35.5 Å². The van der Waals surface area contributed by atoms with Gasteiger partial charge in [-0.1, -0.05) is 6.42 Å². The van der Waals surface area contributed by atoms with Crippen LogP contribution >= 0.6 is 24.0 Å². The SMILES string of the molecule is CCNC(=NCC1(C)CCCO1)NCCCCCC(=O)OC.I. The van der Waals surface area contributed by atoms with Crippen LogP contribution in [-0.4, -0.2) is 50.9 Å². The van der Waals surface area contributed by atoms with Crippen molar-refractivity contribution in [3.05, 3.63) is 0 Å². The smallest absolute Gasteiger partial charge is 0.305 e. The summed E-state index contributed by atoms with van der Waals surface area (Å²) in [6.45, 7) is 7.40. The van der Waals surface area contributed by atoms with Gasteiger partial charge in [-0.05, 0) is 39.5 Å². The number of hydrogen-bond donors (Lipinski definition) is 2. The van der Waals surface area contributed by atoms with Gasteiger partial charge in [-0.2, -0.15) is 0 Å². The third-order valence-electron chi connectivity index (χ3n) is 3.79. The van der Waals surface area contributed by atoms with Crippen LogP contribution in [0, 0.1) is 0 Å². The van der Waals surface area contributed by atoms with Crippen molar-refractivity contribution in [3.8, 4) is 0 Å². The second-order valence-electron chi connectivity index (χ2n) is 5.91. The van der Waals surface area contributed by atoms with Gasteiger partial charge in [-0.15, -0.1) is 24.0 Å². The molecular formula is C16H32IN3O3. The molecule has 6 nitrogen and oxygen atoms in total. The monoisotopic (exact) mass is 441 g/mol. The number of aliphatic imine (C=N–C) groups is 1. The highest BCUT2D eigenvalue weighted by Crippen LogP contribution is 2.24. The Morgan fingerprint density at radius 3 is 2.70 bits per heavy atom. The van der Waals surface area contributed by atoms with Crippen molar-refractivity contribution in [1.29, 1.82) is 0 Å². The van der Waals surface area contributed by atoms with Crippen LogP contribution < -0.4 is 10.6 Å². The van der Waals surface area contributed by atoms with E-state index in [9.17, 15) is 4.79 Å². The largest absolute Gasteiger partial charge is 0.469 e. The molecule has 0 aromatic carbocycles. The van der Waals surface area contributed by atoms with Gasteiger partial charge in [-0.25, -0.2) is 0 Å². The van der Waals surface area contributed by atoms with Crippen molar-refractivity contribution in [1.82, 2.24) is 10.6 Å². The van der Waals surface area contributed by atoms with Gasteiger partial charge in [-0.3, -0.25) is 9.79 Å². The number of ether oxygens (including phenoxy) is 2. The number of nitrogens with zero attached hydrogens (tertiary/aromatic N) is 1. The Labute approximate surface area is 157 Å². The van der Waals surface area contributed by atoms with E-state index in [4.69, 9.17) is 4.74 Å². The summed E-state index contributed by atoms with van der Waals surface area (Å²) in [5.74, 6) is 0.708. The lowest BCUT2D eigenvalue weighted by molar-refractivity contribution is -0.140. The molecule has 1 heterocycles. The number of hydrogen-bond acceptors (Lipinski definition) is 4. The minimum absolute atomic E-state index is 0.